The zero-order valence-electron chi connectivity index (χ0n) is 18.2. The highest BCUT2D eigenvalue weighted by Gasteiger charge is 2.26. The first-order chi connectivity index (χ1) is 16.1. The summed E-state index contributed by atoms with van der Waals surface area (Å²) >= 11 is 0. The van der Waals surface area contributed by atoms with Crippen molar-refractivity contribution in [1.82, 2.24) is 24.6 Å². The summed E-state index contributed by atoms with van der Waals surface area (Å²) in [5.74, 6) is 0.989. The number of para-hydroxylation sites is 1. The second-order valence-electron chi connectivity index (χ2n) is 7.89. The summed E-state index contributed by atoms with van der Waals surface area (Å²) in [6.45, 7) is 2.71. The first-order valence-electron chi connectivity index (χ1n) is 10.7. The average molecular weight is 446 g/mol. The molecule has 3 heterocycles. The fraction of sp³-hybridized carbons (Fsp3) is 0.250. The fourth-order valence-electron chi connectivity index (χ4n) is 4.00. The maximum atomic E-state index is 13.3. The van der Waals surface area contributed by atoms with Gasteiger partial charge in [-0.15, -0.1) is 0 Å². The Labute approximate surface area is 190 Å². The molecular formula is C24H23FN6O2. The van der Waals surface area contributed by atoms with Crippen molar-refractivity contribution in [2.24, 2.45) is 7.05 Å². The molecule has 33 heavy (non-hydrogen) atoms. The van der Waals surface area contributed by atoms with Crippen LogP contribution >= 0.6 is 0 Å². The number of rotatable bonds is 5. The van der Waals surface area contributed by atoms with Gasteiger partial charge in [0.15, 0.2) is 5.65 Å². The molecule has 4 aromatic rings. The molecule has 1 aliphatic heterocycles. The summed E-state index contributed by atoms with van der Waals surface area (Å²) in [4.78, 5) is 26.0. The minimum Gasteiger partial charge on any atom is -0.488 e. The maximum absolute atomic E-state index is 13.3. The summed E-state index contributed by atoms with van der Waals surface area (Å²) in [5, 5.41) is 5.18. The van der Waals surface area contributed by atoms with Gasteiger partial charge in [0, 0.05) is 33.2 Å². The largest absolute Gasteiger partial charge is 0.488 e. The van der Waals surface area contributed by atoms with E-state index < -0.39 is 0 Å². The molecule has 2 aromatic carbocycles. The maximum Gasteiger partial charge on any atom is 0.257 e. The zero-order chi connectivity index (χ0) is 22.8. The Kier molecular flexibility index (Phi) is 5.60. The first kappa shape index (κ1) is 20.9. The molecule has 0 aliphatic carbocycles. The number of carbonyl (C=O) groups is 1. The van der Waals surface area contributed by atoms with E-state index in [-0.39, 0.29) is 18.3 Å². The Balaban J connectivity index is 1.27. The molecule has 1 amide bonds. The highest BCUT2D eigenvalue weighted by molar-refractivity contribution is 5.97. The van der Waals surface area contributed by atoms with E-state index in [1.54, 1.807) is 41.5 Å². The van der Waals surface area contributed by atoms with Gasteiger partial charge in [-0.2, -0.15) is 5.10 Å². The smallest absolute Gasteiger partial charge is 0.257 e. The standard InChI is InChI=1S/C24H23FN6O2/c1-29-22-20(14-28-29)23(27-16-26-22)30-10-12-31(13-11-30)24(32)19-4-2-3-5-21(19)33-15-17-6-8-18(25)9-7-17/h2-9,14,16H,10-13,15H2,1H3. The summed E-state index contributed by atoms with van der Waals surface area (Å²) in [6, 6.07) is 13.4. The van der Waals surface area contributed by atoms with E-state index in [1.165, 1.54) is 12.1 Å². The highest BCUT2D eigenvalue weighted by Crippen LogP contribution is 2.25. The first-order valence-corrected chi connectivity index (χ1v) is 10.7. The molecule has 8 nitrogen and oxygen atoms in total. The number of hydrogen-bond acceptors (Lipinski definition) is 6. The van der Waals surface area contributed by atoms with Crippen LogP contribution in [0.3, 0.4) is 0 Å². The number of fused-ring (bicyclic) bond motifs is 1. The summed E-state index contributed by atoms with van der Waals surface area (Å²) < 4.78 is 20.8. The lowest BCUT2D eigenvalue weighted by Crippen LogP contribution is -2.49. The van der Waals surface area contributed by atoms with Crippen LogP contribution in [0.4, 0.5) is 10.2 Å². The van der Waals surface area contributed by atoms with Crippen molar-refractivity contribution in [3.63, 3.8) is 0 Å². The molecule has 0 N–H and O–H groups in total. The van der Waals surface area contributed by atoms with Crippen LogP contribution in [0.5, 0.6) is 5.75 Å². The quantitative estimate of drug-likeness (QED) is 0.469. The third kappa shape index (κ3) is 4.21. The van der Waals surface area contributed by atoms with Crippen molar-refractivity contribution < 1.29 is 13.9 Å². The van der Waals surface area contributed by atoms with Gasteiger partial charge in [0.1, 0.15) is 30.3 Å². The average Bonchev–Trinajstić information content (AvgIpc) is 3.24. The molecule has 0 unspecified atom stereocenters. The van der Waals surface area contributed by atoms with Crippen LogP contribution in [0.2, 0.25) is 0 Å². The van der Waals surface area contributed by atoms with Gasteiger partial charge < -0.3 is 14.5 Å². The van der Waals surface area contributed by atoms with E-state index in [0.717, 1.165) is 22.4 Å². The van der Waals surface area contributed by atoms with Crippen LogP contribution in [0.1, 0.15) is 15.9 Å². The molecular weight excluding hydrogens is 423 g/mol. The summed E-state index contributed by atoms with van der Waals surface area (Å²) in [5.41, 5.74) is 2.13. The SMILES string of the molecule is Cn1ncc2c(N3CCN(C(=O)c4ccccc4OCc4ccc(F)cc4)CC3)ncnc21. The number of anilines is 1. The third-order valence-corrected chi connectivity index (χ3v) is 5.80. The fourth-order valence-corrected chi connectivity index (χ4v) is 4.00. The lowest BCUT2D eigenvalue weighted by Gasteiger charge is -2.35. The topological polar surface area (TPSA) is 76.4 Å². The number of aromatic nitrogens is 4. The molecule has 2 aromatic heterocycles. The minimum absolute atomic E-state index is 0.0708. The van der Waals surface area contributed by atoms with E-state index in [4.69, 9.17) is 4.74 Å². The third-order valence-electron chi connectivity index (χ3n) is 5.80. The predicted octanol–water partition coefficient (Wildman–Crippen LogP) is 3.04. The van der Waals surface area contributed by atoms with Crippen LogP contribution in [0.25, 0.3) is 11.0 Å². The van der Waals surface area contributed by atoms with Crippen molar-refractivity contribution in [2.75, 3.05) is 31.1 Å². The number of aryl methyl sites for hydroxylation is 1. The molecule has 0 atom stereocenters. The molecule has 0 saturated carbocycles. The molecule has 0 radical (unpaired) electrons. The van der Waals surface area contributed by atoms with Gasteiger partial charge in [0.2, 0.25) is 0 Å². The lowest BCUT2D eigenvalue weighted by molar-refractivity contribution is 0.0741. The number of ether oxygens (including phenoxy) is 1. The number of benzene rings is 2. The molecule has 1 fully saturated rings. The molecule has 0 bridgehead atoms. The van der Waals surface area contributed by atoms with Gasteiger partial charge in [0.05, 0.1) is 17.1 Å². The van der Waals surface area contributed by atoms with Gasteiger partial charge in [-0.05, 0) is 29.8 Å². The molecule has 9 heteroatoms. The number of piperazine rings is 1. The Morgan fingerprint density at radius 1 is 1.03 bits per heavy atom. The van der Waals surface area contributed by atoms with E-state index >= 15 is 0 Å². The number of nitrogens with zero attached hydrogens (tertiary/aromatic N) is 6. The Morgan fingerprint density at radius 2 is 1.79 bits per heavy atom. The van der Waals surface area contributed by atoms with Crippen LogP contribution < -0.4 is 9.64 Å². The molecule has 168 valence electrons. The van der Waals surface area contributed by atoms with Crippen LogP contribution in [0, 0.1) is 5.82 Å². The molecule has 5 rings (SSSR count). The zero-order valence-corrected chi connectivity index (χ0v) is 18.2. The summed E-state index contributed by atoms with van der Waals surface area (Å²) in [7, 11) is 1.85. The second-order valence-corrected chi connectivity index (χ2v) is 7.89. The van der Waals surface area contributed by atoms with E-state index in [2.05, 4.69) is 20.0 Å². The van der Waals surface area contributed by atoms with E-state index in [1.807, 2.05) is 24.1 Å². The van der Waals surface area contributed by atoms with Crippen LogP contribution in [-0.4, -0.2) is 56.7 Å². The molecule has 1 saturated heterocycles. The lowest BCUT2D eigenvalue weighted by atomic mass is 10.1. The highest BCUT2D eigenvalue weighted by atomic mass is 19.1. The monoisotopic (exact) mass is 446 g/mol. The summed E-state index contributed by atoms with van der Waals surface area (Å²) in [6.07, 6.45) is 3.32. The van der Waals surface area contributed by atoms with Gasteiger partial charge in [0.25, 0.3) is 5.91 Å². The van der Waals surface area contributed by atoms with Gasteiger partial charge in [-0.1, -0.05) is 24.3 Å². The minimum atomic E-state index is -0.292. The van der Waals surface area contributed by atoms with Crippen molar-refractivity contribution in [3.8, 4) is 5.75 Å². The number of halogens is 1. The normalized spacial score (nSPS) is 14.0. The number of carbonyl (C=O) groups excluding carboxylic acids is 1. The molecule has 0 spiro atoms. The Morgan fingerprint density at radius 3 is 2.58 bits per heavy atom. The van der Waals surface area contributed by atoms with E-state index in [0.29, 0.717) is 37.5 Å². The van der Waals surface area contributed by atoms with Crippen molar-refractivity contribution in [3.05, 3.63) is 78.0 Å². The van der Waals surface area contributed by atoms with Crippen molar-refractivity contribution in [1.29, 1.82) is 0 Å². The van der Waals surface area contributed by atoms with Crippen molar-refractivity contribution >= 4 is 22.8 Å². The van der Waals surface area contributed by atoms with E-state index in [9.17, 15) is 9.18 Å². The van der Waals surface area contributed by atoms with Crippen LogP contribution in [0.15, 0.2) is 61.1 Å². The van der Waals surface area contributed by atoms with Crippen molar-refractivity contribution in [2.45, 2.75) is 6.61 Å². The van der Waals surface area contributed by atoms with Crippen LogP contribution in [-0.2, 0) is 13.7 Å². The Bertz CT molecular complexity index is 1280. The van der Waals surface area contributed by atoms with Gasteiger partial charge >= 0.3 is 0 Å². The number of hydrogen-bond donors (Lipinski definition) is 0. The second kappa shape index (κ2) is 8.85. The molecule has 1 aliphatic rings. The van der Waals surface area contributed by atoms with Gasteiger partial charge in [-0.25, -0.2) is 14.4 Å². The Hall–Kier alpha value is -4.01. The predicted molar refractivity (Wildman–Crippen MR) is 122 cm³/mol. The number of amides is 1. The van der Waals surface area contributed by atoms with Gasteiger partial charge in [-0.3, -0.25) is 9.48 Å².